The molecule has 2 amide bonds. The van der Waals surface area contributed by atoms with Crippen LogP contribution in [0.2, 0.25) is 0 Å². The van der Waals surface area contributed by atoms with Gasteiger partial charge in [-0.25, -0.2) is 0 Å². The number of nitrogens with zero attached hydrogens (tertiary/aromatic N) is 2. The van der Waals surface area contributed by atoms with Crippen molar-refractivity contribution in [2.75, 3.05) is 19.6 Å². The van der Waals surface area contributed by atoms with Crippen LogP contribution in [0.15, 0.2) is 24.3 Å². The summed E-state index contributed by atoms with van der Waals surface area (Å²) in [4.78, 5) is 28.5. The van der Waals surface area contributed by atoms with Crippen LogP contribution >= 0.6 is 0 Å². The first-order chi connectivity index (χ1) is 11.0. The van der Waals surface area contributed by atoms with Crippen LogP contribution in [-0.2, 0) is 22.6 Å². The van der Waals surface area contributed by atoms with Gasteiger partial charge >= 0.3 is 0 Å². The zero-order valence-electron chi connectivity index (χ0n) is 14.1. The van der Waals surface area contributed by atoms with Gasteiger partial charge in [0, 0.05) is 39.0 Å². The van der Waals surface area contributed by atoms with Gasteiger partial charge in [0.05, 0.1) is 0 Å². The molecule has 4 nitrogen and oxygen atoms in total. The molecular weight excluding hydrogens is 288 g/mol. The van der Waals surface area contributed by atoms with Crippen LogP contribution in [-0.4, -0.2) is 41.2 Å². The van der Waals surface area contributed by atoms with Gasteiger partial charge in [-0.3, -0.25) is 9.59 Å². The molecule has 124 valence electrons. The predicted molar refractivity (Wildman–Crippen MR) is 89.7 cm³/mol. The van der Waals surface area contributed by atoms with E-state index < -0.39 is 0 Å². The second-order valence-corrected chi connectivity index (χ2v) is 7.09. The molecule has 1 saturated heterocycles. The van der Waals surface area contributed by atoms with Crippen LogP contribution in [0, 0.1) is 11.8 Å². The molecule has 2 unspecified atom stereocenters. The summed E-state index contributed by atoms with van der Waals surface area (Å²) < 4.78 is 0. The van der Waals surface area contributed by atoms with Crippen molar-refractivity contribution >= 4 is 11.8 Å². The number of rotatable bonds is 3. The Balaban J connectivity index is 1.50. The number of amides is 2. The highest BCUT2D eigenvalue weighted by Crippen LogP contribution is 2.23. The van der Waals surface area contributed by atoms with Crippen molar-refractivity contribution in [3.63, 3.8) is 0 Å². The summed E-state index contributed by atoms with van der Waals surface area (Å²) in [5, 5.41) is 0. The highest BCUT2D eigenvalue weighted by Gasteiger charge is 2.29. The van der Waals surface area contributed by atoms with Crippen molar-refractivity contribution in [1.82, 2.24) is 9.80 Å². The van der Waals surface area contributed by atoms with Gasteiger partial charge in [-0.2, -0.15) is 0 Å². The molecule has 4 heteroatoms. The summed E-state index contributed by atoms with van der Waals surface area (Å²) in [5.74, 6) is 1.36. The number of fused-ring (bicyclic) bond motifs is 1. The average Bonchev–Trinajstić information content (AvgIpc) is 2.91. The van der Waals surface area contributed by atoms with Gasteiger partial charge in [0.15, 0.2) is 0 Å². The molecule has 1 fully saturated rings. The highest BCUT2D eigenvalue weighted by atomic mass is 16.2. The van der Waals surface area contributed by atoms with Crippen LogP contribution < -0.4 is 0 Å². The molecule has 0 N–H and O–H groups in total. The summed E-state index contributed by atoms with van der Waals surface area (Å²) in [6.45, 7) is 7.50. The maximum atomic E-state index is 12.4. The third kappa shape index (κ3) is 3.57. The van der Waals surface area contributed by atoms with Crippen LogP contribution in [0.4, 0.5) is 0 Å². The first kappa shape index (κ1) is 16.0. The quantitative estimate of drug-likeness (QED) is 0.860. The SMILES string of the molecule is CC1CN(C(=O)CCC(=O)N2CCc3ccccc3C2)CC1C. The molecule has 2 aliphatic heterocycles. The Bertz CT molecular complexity index is 589. The van der Waals surface area contributed by atoms with E-state index >= 15 is 0 Å². The number of hydrogen-bond donors (Lipinski definition) is 0. The van der Waals surface area contributed by atoms with Crippen molar-refractivity contribution in [2.45, 2.75) is 39.7 Å². The second-order valence-electron chi connectivity index (χ2n) is 7.09. The molecule has 1 aromatic carbocycles. The Morgan fingerprint density at radius 3 is 2.17 bits per heavy atom. The van der Waals surface area contributed by atoms with Gasteiger partial charge < -0.3 is 9.80 Å². The van der Waals surface area contributed by atoms with E-state index in [1.54, 1.807) is 0 Å². The molecule has 2 atom stereocenters. The van der Waals surface area contributed by atoms with Crippen molar-refractivity contribution in [1.29, 1.82) is 0 Å². The number of benzene rings is 1. The maximum Gasteiger partial charge on any atom is 0.223 e. The largest absolute Gasteiger partial charge is 0.342 e. The lowest BCUT2D eigenvalue weighted by molar-refractivity contribution is -0.137. The van der Waals surface area contributed by atoms with Crippen molar-refractivity contribution < 1.29 is 9.59 Å². The minimum absolute atomic E-state index is 0.105. The van der Waals surface area contributed by atoms with Crippen LogP contribution in [0.25, 0.3) is 0 Å². The molecule has 0 bridgehead atoms. The molecule has 0 aromatic heterocycles. The number of carbonyl (C=O) groups excluding carboxylic acids is 2. The summed E-state index contributed by atoms with van der Waals surface area (Å²) in [6, 6.07) is 8.29. The molecule has 2 heterocycles. The fourth-order valence-electron chi connectivity index (χ4n) is 3.57. The molecule has 0 saturated carbocycles. The fourth-order valence-corrected chi connectivity index (χ4v) is 3.57. The normalized spacial score (nSPS) is 23.7. The number of carbonyl (C=O) groups is 2. The van der Waals surface area contributed by atoms with Gasteiger partial charge in [-0.05, 0) is 29.4 Å². The Hall–Kier alpha value is -1.84. The minimum atomic E-state index is 0.105. The summed E-state index contributed by atoms with van der Waals surface area (Å²) >= 11 is 0. The predicted octanol–water partition coefficient (Wildman–Crippen LogP) is 2.47. The minimum Gasteiger partial charge on any atom is -0.342 e. The van der Waals surface area contributed by atoms with E-state index in [-0.39, 0.29) is 11.8 Å². The number of hydrogen-bond acceptors (Lipinski definition) is 2. The van der Waals surface area contributed by atoms with Crippen molar-refractivity contribution in [3.05, 3.63) is 35.4 Å². The Morgan fingerprint density at radius 1 is 0.957 bits per heavy atom. The Labute approximate surface area is 138 Å². The molecular formula is C19H26N2O2. The topological polar surface area (TPSA) is 40.6 Å². The lowest BCUT2D eigenvalue weighted by Crippen LogP contribution is -2.37. The summed E-state index contributed by atoms with van der Waals surface area (Å²) in [6.07, 6.45) is 1.59. The molecule has 0 spiro atoms. The highest BCUT2D eigenvalue weighted by molar-refractivity contribution is 5.84. The fraction of sp³-hybridized carbons (Fsp3) is 0.579. The maximum absolute atomic E-state index is 12.4. The van der Waals surface area contributed by atoms with E-state index in [1.165, 1.54) is 11.1 Å². The second kappa shape index (κ2) is 6.73. The Morgan fingerprint density at radius 2 is 1.52 bits per heavy atom. The first-order valence-electron chi connectivity index (χ1n) is 8.67. The summed E-state index contributed by atoms with van der Waals surface area (Å²) in [5.41, 5.74) is 2.58. The lowest BCUT2D eigenvalue weighted by atomic mass is 9.99. The average molecular weight is 314 g/mol. The van der Waals surface area contributed by atoms with Crippen molar-refractivity contribution in [2.24, 2.45) is 11.8 Å². The Kier molecular flexibility index (Phi) is 4.69. The third-order valence-electron chi connectivity index (χ3n) is 5.38. The standard InChI is InChI=1S/C19H26N2O2/c1-14-11-21(12-15(14)2)19(23)8-7-18(22)20-10-9-16-5-3-4-6-17(16)13-20/h3-6,14-15H,7-13H2,1-2H3. The van der Waals surface area contributed by atoms with E-state index in [4.69, 9.17) is 0 Å². The number of likely N-dealkylation sites (tertiary alicyclic amines) is 1. The molecule has 23 heavy (non-hydrogen) atoms. The monoisotopic (exact) mass is 314 g/mol. The van der Waals surface area contributed by atoms with Crippen LogP contribution in [0.1, 0.15) is 37.8 Å². The van der Waals surface area contributed by atoms with Crippen LogP contribution in [0.5, 0.6) is 0 Å². The molecule has 1 aromatic rings. The van der Waals surface area contributed by atoms with E-state index in [9.17, 15) is 9.59 Å². The lowest BCUT2D eigenvalue weighted by Gasteiger charge is -2.29. The van der Waals surface area contributed by atoms with Crippen LogP contribution in [0.3, 0.4) is 0 Å². The summed E-state index contributed by atoms with van der Waals surface area (Å²) in [7, 11) is 0. The van der Waals surface area contributed by atoms with E-state index in [2.05, 4.69) is 26.0 Å². The zero-order chi connectivity index (χ0) is 16.4. The van der Waals surface area contributed by atoms with E-state index in [0.29, 0.717) is 31.2 Å². The first-order valence-corrected chi connectivity index (χ1v) is 8.67. The van der Waals surface area contributed by atoms with Gasteiger partial charge in [0.25, 0.3) is 0 Å². The van der Waals surface area contributed by atoms with E-state index in [0.717, 1.165) is 26.1 Å². The van der Waals surface area contributed by atoms with Crippen molar-refractivity contribution in [3.8, 4) is 0 Å². The molecule has 0 radical (unpaired) electrons. The smallest absolute Gasteiger partial charge is 0.223 e. The van der Waals surface area contributed by atoms with Gasteiger partial charge in [-0.1, -0.05) is 38.1 Å². The van der Waals surface area contributed by atoms with Gasteiger partial charge in [-0.15, -0.1) is 0 Å². The third-order valence-corrected chi connectivity index (χ3v) is 5.38. The van der Waals surface area contributed by atoms with E-state index in [1.807, 2.05) is 21.9 Å². The molecule has 2 aliphatic rings. The van der Waals surface area contributed by atoms with Gasteiger partial charge in [0.1, 0.15) is 0 Å². The molecule has 0 aliphatic carbocycles. The van der Waals surface area contributed by atoms with Gasteiger partial charge in [0.2, 0.25) is 11.8 Å². The zero-order valence-corrected chi connectivity index (χ0v) is 14.1. The molecule has 3 rings (SSSR count).